The maximum absolute atomic E-state index is 3.75. The molecule has 1 heterocycles. The van der Waals surface area contributed by atoms with E-state index >= 15 is 0 Å². The Morgan fingerprint density at radius 2 is 1.81 bits per heavy atom. The second-order valence-electron chi connectivity index (χ2n) is 6.96. The standard InChI is InChI=1S/C19H30N2/c1-2-16-6-5-7-19(14-16)20-18-10-8-17(9-11-18)15-21-12-3-4-13-21/h8-11,16,19-20H,2-7,12-15H2,1H3. The lowest BCUT2D eigenvalue weighted by atomic mass is 9.84. The minimum atomic E-state index is 0.688. The lowest BCUT2D eigenvalue weighted by Gasteiger charge is -2.30. The van der Waals surface area contributed by atoms with Gasteiger partial charge in [0.25, 0.3) is 0 Å². The lowest BCUT2D eigenvalue weighted by Crippen LogP contribution is -2.27. The van der Waals surface area contributed by atoms with E-state index in [1.165, 1.54) is 69.3 Å². The molecule has 1 aromatic rings. The highest BCUT2D eigenvalue weighted by Gasteiger charge is 2.20. The zero-order chi connectivity index (χ0) is 14.5. The Labute approximate surface area is 129 Å². The van der Waals surface area contributed by atoms with Gasteiger partial charge >= 0.3 is 0 Å². The highest BCUT2D eigenvalue weighted by atomic mass is 15.1. The summed E-state index contributed by atoms with van der Waals surface area (Å²) in [6, 6.07) is 9.86. The monoisotopic (exact) mass is 286 g/mol. The zero-order valence-electron chi connectivity index (χ0n) is 13.5. The summed E-state index contributed by atoms with van der Waals surface area (Å²) in [5.74, 6) is 0.936. The SMILES string of the molecule is CCC1CCCC(Nc2ccc(CN3CCCC3)cc2)C1. The molecule has 2 fully saturated rings. The number of hydrogen-bond donors (Lipinski definition) is 1. The van der Waals surface area contributed by atoms with Gasteiger partial charge in [-0.05, 0) is 62.4 Å². The van der Waals surface area contributed by atoms with E-state index in [2.05, 4.69) is 41.4 Å². The fourth-order valence-electron chi connectivity index (χ4n) is 3.93. The molecule has 1 aliphatic heterocycles. The fourth-order valence-corrected chi connectivity index (χ4v) is 3.93. The minimum Gasteiger partial charge on any atom is -0.382 e. The molecular formula is C19H30N2. The molecule has 0 amide bonds. The van der Waals surface area contributed by atoms with Crippen molar-refractivity contribution in [2.45, 2.75) is 64.5 Å². The van der Waals surface area contributed by atoms with Crippen LogP contribution in [0.5, 0.6) is 0 Å². The van der Waals surface area contributed by atoms with Crippen molar-refractivity contribution in [3.63, 3.8) is 0 Å². The van der Waals surface area contributed by atoms with E-state index in [4.69, 9.17) is 0 Å². The topological polar surface area (TPSA) is 15.3 Å². The van der Waals surface area contributed by atoms with Crippen LogP contribution in [0.1, 0.15) is 57.4 Å². The Balaban J connectivity index is 1.51. The quantitative estimate of drug-likeness (QED) is 0.846. The summed E-state index contributed by atoms with van der Waals surface area (Å²) >= 11 is 0. The van der Waals surface area contributed by atoms with Crippen LogP contribution in [-0.2, 0) is 6.54 Å². The van der Waals surface area contributed by atoms with Gasteiger partial charge in [0, 0.05) is 18.3 Å². The first-order valence-electron chi connectivity index (χ1n) is 8.91. The summed E-state index contributed by atoms with van der Waals surface area (Å²) < 4.78 is 0. The van der Waals surface area contributed by atoms with Gasteiger partial charge in [-0.25, -0.2) is 0 Å². The molecule has 1 saturated heterocycles. The van der Waals surface area contributed by atoms with E-state index in [0.29, 0.717) is 6.04 Å². The molecule has 1 saturated carbocycles. The molecule has 2 unspecified atom stereocenters. The fraction of sp³-hybridized carbons (Fsp3) is 0.684. The van der Waals surface area contributed by atoms with E-state index in [9.17, 15) is 0 Å². The van der Waals surface area contributed by atoms with Crippen LogP contribution in [0.2, 0.25) is 0 Å². The van der Waals surface area contributed by atoms with Crippen LogP contribution in [0.15, 0.2) is 24.3 Å². The predicted octanol–water partition coefficient (Wildman–Crippen LogP) is 4.66. The molecule has 1 aliphatic carbocycles. The zero-order valence-corrected chi connectivity index (χ0v) is 13.5. The largest absolute Gasteiger partial charge is 0.382 e. The molecule has 1 N–H and O–H groups in total. The third-order valence-corrected chi connectivity index (χ3v) is 5.29. The first kappa shape index (κ1) is 14.9. The van der Waals surface area contributed by atoms with Gasteiger partial charge in [0.15, 0.2) is 0 Å². The third-order valence-electron chi connectivity index (χ3n) is 5.29. The van der Waals surface area contributed by atoms with E-state index in [-0.39, 0.29) is 0 Å². The maximum Gasteiger partial charge on any atom is 0.0342 e. The third kappa shape index (κ3) is 4.23. The average Bonchev–Trinajstić information content (AvgIpc) is 3.02. The molecule has 2 atom stereocenters. The van der Waals surface area contributed by atoms with Gasteiger partial charge in [0.05, 0.1) is 0 Å². The van der Waals surface area contributed by atoms with Crippen molar-refractivity contribution >= 4 is 5.69 Å². The summed E-state index contributed by atoms with van der Waals surface area (Å²) in [7, 11) is 0. The first-order valence-corrected chi connectivity index (χ1v) is 8.91. The van der Waals surface area contributed by atoms with Gasteiger partial charge in [-0.2, -0.15) is 0 Å². The Kier molecular flexibility index (Phi) is 5.18. The Morgan fingerprint density at radius 3 is 2.52 bits per heavy atom. The molecule has 2 nitrogen and oxygen atoms in total. The number of benzene rings is 1. The molecular weight excluding hydrogens is 256 g/mol. The lowest BCUT2D eigenvalue weighted by molar-refractivity contribution is 0.327. The molecule has 0 bridgehead atoms. The van der Waals surface area contributed by atoms with Crippen LogP contribution in [-0.4, -0.2) is 24.0 Å². The number of nitrogens with one attached hydrogen (secondary N) is 1. The van der Waals surface area contributed by atoms with Gasteiger partial charge < -0.3 is 5.32 Å². The molecule has 3 rings (SSSR count). The molecule has 1 aromatic carbocycles. The molecule has 2 heteroatoms. The van der Waals surface area contributed by atoms with Crippen molar-refractivity contribution in [2.24, 2.45) is 5.92 Å². The van der Waals surface area contributed by atoms with Gasteiger partial charge in [0.2, 0.25) is 0 Å². The molecule has 2 aliphatic rings. The van der Waals surface area contributed by atoms with Crippen molar-refractivity contribution in [3.8, 4) is 0 Å². The highest BCUT2D eigenvalue weighted by Crippen LogP contribution is 2.28. The van der Waals surface area contributed by atoms with E-state index in [1.807, 2.05) is 0 Å². The van der Waals surface area contributed by atoms with Crippen molar-refractivity contribution in [1.82, 2.24) is 4.90 Å². The Bertz CT molecular complexity index is 420. The van der Waals surface area contributed by atoms with Crippen LogP contribution in [0, 0.1) is 5.92 Å². The average molecular weight is 286 g/mol. The Hall–Kier alpha value is -1.02. The molecule has 21 heavy (non-hydrogen) atoms. The van der Waals surface area contributed by atoms with Crippen molar-refractivity contribution < 1.29 is 0 Å². The van der Waals surface area contributed by atoms with Gasteiger partial charge in [-0.1, -0.05) is 38.3 Å². The number of likely N-dealkylation sites (tertiary alicyclic amines) is 1. The smallest absolute Gasteiger partial charge is 0.0342 e. The second kappa shape index (κ2) is 7.31. The second-order valence-corrected chi connectivity index (χ2v) is 6.96. The van der Waals surface area contributed by atoms with E-state index in [1.54, 1.807) is 0 Å². The Morgan fingerprint density at radius 1 is 1.05 bits per heavy atom. The van der Waals surface area contributed by atoms with Crippen LogP contribution in [0.4, 0.5) is 5.69 Å². The van der Waals surface area contributed by atoms with Crippen LogP contribution < -0.4 is 5.32 Å². The maximum atomic E-state index is 3.75. The molecule has 0 radical (unpaired) electrons. The van der Waals surface area contributed by atoms with Crippen molar-refractivity contribution in [2.75, 3.05) is 18.4 Å². The molecule has 0 spiro atoms. The highest BCUT2D eigenvalue weighted by molar-refractivity contribution is 5.45. The van der Waals surface area contributed by atoms with Crippen LogP contribution >= 0.6 is 0 Å². The molecule has 0 aromatic heterocycles. The summed E-state index contributed by atoms with van der Waals surface area (Å²) in [4.78, 5) is 2.56. The van der Waals surface area contributed by atoms with Crippen molar-refractivity contribution in [3.05, 3.63) is 29.8 Å². The van der Waals surface area contributed by atoms with E-state index in [0.717, 1.165) is 12.5 Å². The summed E-state index contributed by atoms with van der Waals surface area (Å²) in [5.41, 5.74) is 2.76. The van der Waals surface area contributed by atoms with Gasteiger partial charge in [0.1, 0.15) is 0 Å². The summed E-state index contributed by atoms with van der Waals surface area (Å²) in [6.45, 7) is 6.02. The van der Waals surface area contributed by atoms with E-state index < -0.39 is 0 Å². The summed E-state index contributed by atoms with van der Waals surface area (Å²) in [6.07, 6.45) is 9.61. The number of anilines is 1. The predicted molar refractivity (Wildman–Crippen MR) is 90.6 cm³/mol. The molecule has 116 valence electrons. The van der Waals surface area contributed by atoms with Gasteiger partial charge in [-0.3, -0.25) is 4.90 Å². The number of hydrogen-bond acceptors (Lipinski definition) is 2. The number of nitrogens with zero attached hydrogens (tertiary/aromatic N) is 1. The van der Waals surface area contributed by atoms with Gasteiger partial charge in [-0.15, -0.1) is 0 Å². The van der Waals surface area contributed by atoms with Crippen LogP contribution in [0.3, 0.4) is 0 Å². The van der Waals surface area contributed by atoms with Crippen LogP contribution in [0.25, 0.3) is 0 Å². The minimum absolute atomic E-state index is 0.688. The first-order chi connectivity index (χ1) is 10.3. The normalized spacial score (nSPS) is 26.9. The number of rotatable bonds is 5. The van der Waals surface area contributed by atoms with Crippen molar-refractivity contribution in [1.29, 1.82) is 0 Å². The summed E-state index contributed by atoms with van der Waals surface area (Å²) in [5, 5.41) is 3.75.